The Labute approximate surface area is 154 Å². The highest BCUT2D eigenvalue weighted by Gasteiger charge is 2.13. The van der Waals surface area contributed by atoms with Crippen LogP contribution in [0.1, 0.15) is 29.5 Å². The van der Waals surface area contributed by atoms with Crippen molar-refractivity contribution < 1.29 is 4.79 Å². The van der Waals surface area contributed by atoms with Gasteiger partial charge < -0.3 is 5.32 Å². The summed E-state index contributed by atoms with van der Waals surface area (Å²) in [6.07, 6.45) is 5.93. The predicted octanol–water partition coefficient (Wildman–Crippen LogP) is 4.27. The van der Waals surface area contributed by atoms with Gasteiger partial charge in [0, 0.05) is 24.2 Å². The van der Waals surface area contributed by atoms with E-state index in [0.29, 0.717) is 11.6 Å². The first-order valence-electron chi connectivity index (χ1n) is 8.71. The van der Waals surface area contributed by atoms with E-state index in [9.17, 15) is 4.79 Å². The van der Waals surface area contributed by atoms with Crippen molar-refractivity contribution in [2.45, 2.75) is 25.9 Å². The van der Waals surface area contributed by atoms with Crippen LogP contribution in [0.25, 0.3) is 6.08 Å². The fourth-order valence-corrected chi connectivity index (χ4v) is 3.18. The number of carbonyl (C=O) groups excluding carboxylic acids is 1. The lowest BCUT2D eigenvalue weighted by molar-refractivity contribution is -0.116. The fraction of sp³-hybridized carbons (Fsp3) is 0.286. The van der Waals surface area contributed by atoms with Crippen molar-refractivity contribution in [2.75, 3.05) is 13.1 Å². The Morgan fingerprint density at radius 1 is 1.04 bits per heavy atom. The quantitative estimate of drug-likeness (QED) is 0.786. The summed E-state index contributed by atoms with van der Waals surface area (Å²) in [6, 6.07) is 15.7. The second-order valence-corrected chi connectivity index (χ2v) is 6.79. The van der Waals surface area contributed by atoms with E-state index in [4.69, 9.17) is 11.6 Å². The maximum Gasteiger partial charge on any atom is 0.244 e. The molecule has 1 N–H and O–H groups in total. The van der Waals surface area contributed by atoms with Crippen molar-refractivity contribution in [3.8, 4) is 0 Å². The lowest BCUT2D eigenvalue weighted by atomic mass is 10.1. The lowest BCUT2D eigenvalue weighted by Crippen LogP contribution is -2.23. The van der Waals surface area contributed by atoms with Gasteiger partial charge in [-0.3, -0.25) is 9.69 Å². The summed E-state index contributed by atoms with van der Waals surface area (Å²) in [5.41, 5.74) is 3.43. The molecule has 0 bridgehead atoms. The van der Waals surface area contributed by atoms with Crippen molar-refractivity contribution >= 4 is 23.6 Å². The molecule has 25 heavy (non-hydrogen) atoms. The summed E-state index contributed by atoms with van der Waals surface area (Å²) in [4.78, 5) is 14.6. The van der Waals surface area contributed by atoms with Crippen LogP contribution in [0.2, 0.25) is 5.02 Å². The molecule has 0 saturated carbocycles. The number of carbonyl (C=O) groups is 1. The minimum absolute atomic E-state index is 0.0917. The number of benzene rings is 2. The normalized spacial score (nSPS) is 14.9. The maximum atomic E-state index is 12.1. The minimum atomic E-state index is -0.0917. The first-order chi connectivity index (χ1) is 12.2. The van der Waals surface area contributed by atoms with Crippen LogP contribution in [0.4, 0.5) is 0 Å². The third kappa shape index (κ3) is 5.45. The SMILES string of the molecule is O=C(/C=C/c1ccc(Cl)cc1)NCc1ccccc1CN1CCCC1. The molecule has 3 nitrogen and oxygen atoms in total. The maximum absolute atomic E-state index is 12.1. The molecule has 130 valence electrons. The van der Waals surface area contributed by atoms with Crippen LogP contribution in [-0.4, -0.2) is 23.9 Å². The van der Waals surface area contributed by atoms with Gasteiger partial charge in [-0.1, -0.05) is 48.0 Å². The largest absolute Gasteiger partial charge is 0.348 e. The molecule has 1 fully saturated rings. The number of likely N-dealkylation sites (tertiary alicyclic amines) is 1. The van der Waals surface area contributed by atoms with Crippen LogP contribution in [-0.2, 0) is 17.9 Å². The molecule has 3 rings (SSSR count). The molecule has 4 heteroatoms. The molecule has 0 unspecified atom stereocenters. The van der Waals surface area contributed by atoms with Crippen LogP contribution < -0.4 is 5.32 Å². The van der Waals surface area contributed by atoms with E-state index in [1.807, 2.05) is 30.3 Å². The number of nitrogens with one attached hydrogen (secondary N) is 1. The molecule has 0 aliphatic carbocycles. The predicted molar refractivity (Wildman–Crippen MR) is 103 cm³/mol. The molecule has 0 atom stereocenters. The zero-order valence-electron chi connectivity index (χ0n) is 14.2. The van der Waals surface area contributed by atoms with Gasteiger partial charge in [-0.15, -0.1) is 0 Å². The molecular formula is C21H23ClN2O. The van der Waals surface area contributed by atoms with Crippen molar-refractivity contribution in [3.63, 3.8) is 0 Å². The van der Waals surface area contributed by atoms with Crippen LogP contribution in [0, 0.1) is 0 Å². The summed E-state index contributed by atoms with van der Waals surface area (Å²) in [5.74, 6) is -0.0917. The van der Waals surface area contributed by atoms with Gasteiger partial charge in [-0.05, 0) is 60.8 Å². The van der Waals surface area contributed by atoms with E-state index in [0.717, 1.165) is 12.1 Å². The summed E-state index contributed by atoms with van der Waals surface area (Å²) in [6.45, 7) is 3.86. The molecule has 1 saturated heterocycles. The van der Waals surface area contributed by atoms with Gasteiger partial charge in [0.2, 0.25) is 5.91 Å². The molecule has 2 aromatic carbocycles. The minimum Gasteiger partial charge on any atom is -0.348 e. The van der Waals surface area contributed by atoms with Crippen LogP contribution in [0.3, 0.4) is 0 Å². The molecule has 1 amide bonds. The van der Waals surface area contributed by atoms with Crippen LogP contribution in [0.5, 0.6) is 0 Å². The molecule has 0 radical (unpaired) electrons. The van der Waals surface area contributed by atoms with Crippen molar-refractivity contribution in [2.24, 2.45) is 0 Å². The Kier molecular flexibility index (Phi) is 6.26. The van der Waals surface area contributed by atoms with Gasteiger partial charge in [0.15, 0.2) is 0 Å². The Morgan fingerprint density at radius 3 is 2.44 bits per heavy atom. The van der Waals surface area contributed by atoms with E-state index in [1.165, 1.54) is 37.1 Å². The number of hydrogen-bond donors (Lipinski definition) is 1. The smallest absolute Gasteiger partial charge is 0.244 e. The molecule has 1 aliphatic rings. The fourth-order valence-electron chi connectivity index (χ4n) is 3.05. The Bertz CT molecular complexity index is 734. The zero-order valence-corrected chi connectivity index (χ0v) is 15.0. The Hall–Kier alpha value is -2.10. The number of halogens is 1. The number of hydrogen-bond acceptors (Lipinski definition) is 2. The summed E-state index contributed by atoms with van der Waals surface area (Å²) in [7, 11) is 0. The van der Waals surface area contributed by atoms with Gasteiger partial charge in [0.25, 0.3) is 0 Å². The molecule has 1 heterocycles. The van der Waals surface area contributed by atoms with E-state index < -0.39 is 0 Å². The van der Waals surface area contributed by atoms with E-state index >= 15 is 0 Å². The Balaban J connectivity index is 1.55. The molecule has 1 aliphatic heterocycles. The van der Waals surface area contributed by atoms with Crippen molar-refractivity contribution in [3.05, 3.63) is 76.3 Å². The second kappa shape index (κ2) is 8.84. The average molecular weight is 355 g/mol. The van der Waals surface area contributed by atoms with Gasteiger partial charge >= 0.3 is 0 Å². The molecular weight excluding hydrogens is 332 g/mol. The first-order valence-corrected chi connectivity index (χ1v) is 9.09. The monoisotopic (exact) mass is 354 g/mol. The van der Waals surface area contributed by atoms with E-state index in [1.54, 1.807) is 12.2 Å². The highest BCUT2D eigenvalue weighted by atomic mass is 35.5. The molecule has 2 aromatic rings. The zero-order chi connectivity index (χ0) is 17.5. The third-order valence-electron chi connectivity index (χ3n) is 4.46. The van der Waals surface area contributed by atoms with E-state index in [2.05, 4.69) is 28.4 Å². The van der Waals surface area contributed by atoms with Gasteiger partial charge in [-0.2, -0.15) is 0 Å². The first kappa shape index (κ1) is 17.7. The number of rotatable bonds is 6. The highest BCUT2D eigenvalue weighted by molar-refractivity contribution is 6.30. The third-order valence-corrected chi connectivity index (χ3v) is 4.71. The highest BCUT2D eigenvalue weighted by Crippen LogP contribution is 2.16. The van der Waals surface area contributed by atoms with Crippen molar-refractivity contribution in [1.29, 1.82) is 0 Å². The molecule has 0 spiro atoms. The number of amides is 1. The summed E-state index contributed by atoms with van der Waals surface area (Å²) in [5, 5.41) is 3.67. The Morgan fingerprint density at radius 2 is 1.72 bits per heavy atom. The lowest BCUT2D eigenvalue weighted by Gasteiger charge is -2.17. The summed E-state index contributed by atoms with van der Waals surface area (Å²) < 4.78 is 0. The number of nitrogens with zero attached hydrogens (tertiary/aromatic N) is 1. The van der Waals surface area contributed by atoms with Crippen LogP contribution >= 0.6 is 11.6 Å². The average Bonchev–Trinajstić information content (AvgIpc) is 3.13. The van der Waals surface area contributed by atoms with Crippen molar-refractivity contribution in [1.82, 2.24) is 10.2 Å². The van der Waals surface area contributed by atoms with Crippen LogP contribution in [0.15, 0.2) is 54.6 Å². The van der Waals surface area contributed by atoms with Gasteiger partial charge in [0.05, 0.1) is 0 Å². The van der Waals surface area contributed by atoms with E-state index in [-0.39, 0.29) is 5.91 Å². The second-order valence-electron chi connectivity index (χ2n) is 6.35. The molecule has 0 aromatic heterocycles. The topological polar surface area (TPSA) is 32.3 Å². The standard InChI is InChI=1S/C21H23ClN2O/c22-20-10-7-17(8-11-20)9-12-21(25)23-15-18-5-1-2-6-19(18)16-24-13-3-4-14-24/h1-2,5-12H,3-4,13-16H2,(H,23,25)/b12-9+. The summed E-state index contributed by atoms with van der Waals surface area (Å²) >= 11 is 5.86. The van der Waals surface area contributed by atoms with Gasteiger partial charge in [-0.25, -0.2) is 0 Å². The van der Waals surface area contributed by atoms with Gasteiger partial charge in [0.1, 0.15) is 0 Å².